The minimum Gasteiger partial charge on any atom is -0.332 e. The number of rotatable bonds is 4. The fourth-order valence-electron chi connectivity index (χ4n) is 3.17. The van der Waals surface area contributed by atoms with Crippen molar-refractivity contribution >= 4 is 23.4 Å². The van der Waals surface area contributed by atoms with Gasteiger partial charge in [-0.05, 0) is 48.9 Å². The molecular formula is C18H17FN2O3S. The highest BCUT2D eigenvalue weighted by Gasteiger charge is 2.31. The van der Waals surface area contributed by atoms with E-state index in [2.05, 4.69) is 0 Å². The first-order valence-electron chi connectivity index (χ1n) is 7.90. The van der Waals surface area contributed by atoms with Crippen molar-refractivity contribution in [3.8, 4) is 0 Å². The molecule has 2 aromatic rings. The average molecular weight is 360 g/mol. The first-order chi connectivity index (χ1) is 12.0. The molecular weight excluding hydrogens is 343 g/mol. The van der Waals surface area contributed by atoms with Crippen LogP contribution in [0.25, 0.3) is 0 Å². The van der Waals surface area contributed by atoms with E-state index in [0.717, 1.165) is 18.4 Å². The molecule has 1 fully saturated rings. The van der Waals surface area contributed by atoms with E-state index >= 15 is 0 Å². The van der Waals surface area contributed by atoms with Crippen LogP contribution in [0.2, 0.25) is 0 Å². The molecule has 25 heavy (non-hydrogen) atoms. The molecule has 0 bridgehead atoms. The van der Waals surface area contributed by atoms with Gasteiger partial charge < -0.3 is 4.90 Å². The zero-order valence-electron chi connectivity index (χ0n) is 13.6. The van der Waals surface area contributed by atoms with E-state index in [4.69, 9.17) is 0 Å². The summed E-state index contributed by atoms with van der Waals surface area (Å²) in [5.41, 5.74) is 1.12. The second-order valence-corrected chi connectivity index (χ2v) is 6.70. The fourth-order valence-corrected chi connectivity index (χ4v) is 3.72. The van der Waals surface area contributed by atoms with Crippen LogP contribution in [0.5, 0.6) is 0 Å². The molecule has 0 aliphatic carbocycles. The maximum Gasteiger partial charge on any atom is 0.283 e. The Morgan fingerprint density at radius 2 is 2.00 bits per heavy atom. The van der Waals surface area contributed by atoms with Gasteiger partial charge in [-0.3, -0.25) is 14.9 Å². The highest BCUT2D eigenvalue weighted by molar-refractivity contribution is 7.98. The maximum atomic E-state index is 13.1. The molecule has 1 amide bonds. The Labute approximate surface area is 149 Å². The van der Waals surface area contributed by atoms with Gasteiger partial charge in [0, 0.05) is 18.2 Å². The highest BCUT2D eigenvalue weighted by Crippen LogP contribution is 2.35. The van der Waals surface area contributed by atoms with Crippen molar-refractivity contribution < 1.29 is 14.1 Å². The summed E-state index contributed by atoms with van der Waals surface area (Å²) in [5, 5.41) is 11.2. The third-order valence-corrected chi connectivity index (χ3v) is 5.18. The lowest BCUT2D eigenvalue weighted by Crippen LogP contribution is -2.30. The summed E-state index contributed by atoms with van der Waals surface area (Å²) < 4.78 is 13.1. The van der Waals surface area contributed by atoms with E-state index in [-0.39, 0.29) is 23.5 Å². The zero-order chi connectivity index (χ0) is 18.0. The van der Waals surface area contributed by atoms with Crippen molar-refractivity contribution in [2.75, 3.05) is 12.8 Å². The monoisotopic (exact) mass is 360 g/mol. The number of nitro groups is 1. The van der Waals surface area contributed by atoms with Crippen LogP contribution in [0, 0.1) is 15.9 Å². The number of halogens is 1. The predicted molar refractivity (Wildman–Crippen MR) is 94.3 cm³/mol. The van der Waals surface area contributed by atoms with E-state index in [0.29, 0.717) is 17.0 Å². The zero-order valence-corrected chi connectivity index (χ0v) is 14.5. The molecule has 0 spiro atoms. The first-order valence-corrected chi connectivity index (χ1v) is 9.12. The summed E-state index contributed by atoms with van der Waals surface area (Å²) in [7, 11) is 0. The number of carbonyl (C=O) groups excluding carboxylic acids is 1. The third-order valence-electron chi connectivity index (χ3n) is 4.39. The fraction of sp³-hybridized carbons (Fsp3) is 0.278. The molecule has 0 N–H and O–H groups in total. The van der Waals surface area contributed by atoms with Crippen LogP contribution in [0.3, 0.4) is 0 Å². The second kappa shape index (κ2) is 7.23. The van der Waals surface area contributed by atoms with Gasteiger partial charge in [0.1, 0.15) is 5.82 Å². The van der Waals surface area contributed by atoms with Crippen molar-refractivity contribution in [3.63, 3.8) is 0 Å². The Kier molecular flexibility index (Phi) is 5.03. The molecule has 1 unspecified atom stereocenters. The molecule has 1 atom stereocenters. The second-order valence-electron chi connectivity index (χ2n) is 5.85. The first kappa shape index (κ1) is 17.4. The minimum atomic E-state index is -0.468. The normalized spacial score (nSPS) is 16.9. The predicted octanol–water partition coefficient (Wildman–Crippen LogP) is 4.43. The number of hydrogen-bond donors (Lipinski definition) is 0. The van der Waals surface area contributed by atoms with Crippen molar-refractivity contribution in [1.29, 1.82) is 0 Å². The number of nitro benzene ring substituents is 1. The van der Waals surface area contributed by atoms with Crippen LogP contribution in [0.1, 0.15) is 34.8 Å². The van der Waals surface area contributed by atoms with Crippen molar-refractivity contribution in [2.45, 2.75) is 23.8 Å². The number of thioether (sulfide) groups is 1. The molecule has 7 heteroatoms. The SMILES string of the molecule is CSc1ccc(C(=O)N2CCCC2c2ccc(F)cc2)cc1[N+](=O)[O-]. The van der Waals surface area contributed by atoms with Gasteiger partial charge in [-0.15, -0.1) is 11.8 Å². The number of benzene rings is 2. The molecule has 5 nitrogen and oxygen atoms in total. The standard InChI is InChI=1S/C18H17FN2O3S/c1-25-17-9-6-13(11-16(17)21(23)24)18(22)20-10-2-3-15(20)12-4-7-14(19)8-5-12/h4-9,11,15H,2-3,10H2,1H3. The summed E-state index contributed by atoms with van der Waals surface area (Å²) >= 11 is 1.27. The van der Waals surface area contributed by atoms with Crippen molar-refractivity contribution in [3.05, 3.63) is 69.5 Å². The van der Waals surface area contributed by atoms with Crippen LogP contribution in [0.4, 0.5) is 10.1 Å². The lowest BCUT2D eigenvalue weighted by molar-refractivity contribution is -0.387. The van der Waals surface area contributed by atoms with Crippen LogP contribution in [0.15, 0.2) is 47.4 Å². The molecule has 0 aromatic heterocycles. The van der Waals surface area contributed by atoms with Crippen LogP contribution < -0.4 is 0 Å². The highest BCUT2D eigenvalue weighted by atomic mass is 32.2. The number of carbonyl (C=O) groups is 1. The van der Waals surface area contributed by atoms with Gasteiger partial charge in [-0.25, -0.2) is 4.39 Å². The molecule has 3 rings (SSSR count). The van der Waals surface area contributed by atoms with Gasteiger partial charge >= 0.3 is 0 Å². The Balaban J connectivity index is 1.90. The molecule has 1 saturated heterocycles. The molecule has 130 valence electrons. The van der Waals surface area contributed by atoms with Crippen LogP contribution in [-0.2, 0) is 0 Å². The summed E-state index contributed by atoms with van der Waals surface area (Å²) in [4.78, 5) is 25.9. The molecule has 1 aliphatic rings. The molecule has 0 radical (unpaired) electrons. The molecule has 1 heterocycles. The van der Waals surface area contributed by atoms with E-state index in [1.165, 1.54) is 30.0 Å². The van der Waals surface area contributed by atoms with Crippen LogP contribution >= 0.6 is 11.8 Å². The lowest BCUT2D eigenvalue weighted by Gasteiger charge is -2.25. The Morgan fingerprint density at radius 3 is 2.64 bits per heavy atom. The van der Waals surface area contributed by atoms with E-state index in [9.17, 15) is 19.3 Å². The summed E-state index contributed by atoms with van der Waals surface area (Å²) in [6.07, 6.45) is 3.40. The van der Waals surface area contributed by atoms with Crippen LogP contribution in [-0.4, -0.2) is 28.5 Å². The van der Waals surface area contributed by atoms with E-state index in [1.807, 2.05) is 0 Å². The summed E-state index contributed by atoms with van der Waals surface area (Å²) in [6.45, 7) is 0.582. The van der Waals surface area contributed by atoms with E-state index in [1.54, 1.807) is 35.4 Å². The summed E-state index contributed by atoms with van der Waals surface area (Å²) in [6, 6.07) is 10.6. The topological polar surface area (TPSA) is 63.5 Å². The molecule has 2 aromatic carbocycles. The van der Waals surface area contributed by atoms with Gasteiger partial charge in [0.05, 0.1) is 15.9 Å². The number of amides is 1. The quantitative estimate of drug-likeness (QED) is 0.460. The number of likely N-dealkylation sites (tertiary alicyclic amines) is 1. The van der Waals surface area contributed by atoms with Gasteiger partial charge in [0.25, 0.3) is 11.6 Å². The average Bonchev–Trinajstić information content (AvgIpc) is 3.10. The maximum absolute atomic E-state index is 13.1. The largest absolute Gasteiger partial charge is 0.332 e. The summed E-state index contributed by atoms with van der Waals surface area (Å²) in [5.74, 6) is -0.550. The minimum absolute atomic E-state index is 0.0594. The molecule has 0 saturated carbocycles. The Bertz CT molecular complexity index is 810. The van der Waals surface area contributed by atoms with Crippen molar-refractivity contribution in [2.24, 2.45) is 0 Å². The number of nitrogens with zero attached hydrogens (tertiary/aromatic N) is 2. The lowest BCUT2D eigenvalue weighted by atomic mass is 10.0. The van der Waals surface area contributed by atoms with Gasteiger partial charge in [-0.2, -0.15) is 0 Å². The third kappa shape index (κ3) is 3.51. The van der Waals surface area contributed by atoms with Crippen molar-refractivity contribution in [1.82, 2.24) is 4.90 Å². The van der Waals surface area contributed by atoms with E-state index < -0.39 is 4.92 Å². The number of hydrogen-bond acceptors (Lipinski definition) is 4. The van der Waals surface area contributed by atoms with Gasteiger partial charge in [-0.1, -0.05) is 12.1 Å². The van der Waals surface area contributed by atoms with Gasteiger partial charge in [0.15, 0.2) is 0 Å². The Hall–Kier alpha value is -2.41. The smallest absolute Gasteiger partial charge is 0.283 e. The van der Waals surface area contributed by atoms with Gasteiger partial charge in [0.2, 0.25) is 0 Å². The Morgan fingerprint density at radius 1 is 1.28 bits per heavy atom. The molecule has 1 aliphatic heterocycles.